The van der Waals surface area contributed by atoms with Crippen LogP contribution in [0.25, 0.3) is 6.08 Å². The van der Waals surface area contributed by atoms with E-state index >= 15 is 0 Å². The third-order valence-corrected chi connectivity index (χ3v) is 2.66. The molecule has 0 atom stereocenters. The van der Waals surface area contributed by atoms with E-state index in [1.54, 1.807) is 18.2 Å². The van der Waals surface area contributed by atoms with E-state index < -0.39 is 11.7 Å². The lowest BCUT2D eigenvalue weighted by Crippen LogP contribution is -2.20. The first kappa shape index (κ1) is 15.3. The fraction of sp³-hybridized carbons (Fsp3) is 0.357. The Hall–Kier alpha value is -1.78. The molecule has 0 spiro atoms. The topological polar surface area (TPSA) is 29.1 Å². The number of nitrogens with one attached hydrogen (secondary N) is 1. The summed E-state index contributed by atoms with van der Waals surface area (Å²) in [5.74, 6) is -0.122. The fourth-order valence-corrected chi connectivity index (χ4v) is 1.68. The summed E-state index contributed by atoms with van der Waals surface area (Å²) in [5.41, 5.74) is 0.139. The van der Waals surface area contributed by atoms with Gasteiger partial charge in [0.2, 0.25) is 5.91 Å². The second-order valence-corrected chi connectivity index (χ2v) is 4.19. The molecule has 1 aromatic rings. The summed E-state index contributed by atoms with van der Waals surface area (Å²) >= 11 is 0. The van der Waals surface area contributed by atoms with E-state index in [2.05, 4.69) is 5.32 Å². The highest BCUT2D eigenvalue weighted by Gasteiger charge is 2.32. The molecule has 0 saturated carbocycles. The van der Waals surface area contributed by atoms with Gasteiger partial charge in [0.1, 0.15) is 0 Å². The second-order valence-electron chi connectivity index (χ2n) is 4.19. The Balaban J connectivity index is 2.74. The van der Waals surface area contributed by atoms with Gasteiger partial charge in [-0.3, -0.25) is 4.79 Å². The number of benzene rings is 1. The first-order chi connectivity index (χ1) is 8.82. The van der Waals surface area contributed by atoms with Gasteiger partial charge in [-0.1, -0.05) is 24.3 Å². The molecule has 0 unspecified atom stereocenters. The van der Waals surface area contributed by atoms with Crippen molar-refractivity contribution in [2.75, 3.05) is 6.54 Å². The van der Waals surface area contributed by atoms with Gasteiger partial charge in [-0.25, -0.2) is 0 Å². The molecule has 0 aliphatic rings. The number of halogens is 3. The minimum atomic E-state index is -4.33. The van der Waals surface area contributed by atoms with E-state index in [1.807, 2.05) is 0 Å². The van der Waals surface area contributed by atoms with Crippen molar-refractivity contribution in [2.24, 2.45) is 0 Å². The van der Waals surface area contributed by atoms with Gasteiger partial charge in [0.05, 0.1) is 5.56 Å². The number of alkyl halides is 3. The van der Waals surface area contributed by atoms with Crippen molar-refractivity contribution in [3.05, 3.63) is 41.0 Å². The molecular formula is C14H16F3NO. The molecule has 0 saturated heterocycles. The molecule has 1 N–H and O–H groups in total. The van der Waals surface area contributed by atoms with Gasteiger partial charge < -0.3 is 5.32 Å². The van der Waals surface area contributed by atoms with Crippen molar-refractivity contribution >= 4 is 12.0 Å². The lowest BCUT2D eigenvalue weighted by Gasteiger charge is -2.11. The molecule has 19 heavy (non-hydrogen) atoms. The summed E-state index contributed by atoms with van der Waals surface area (Å²) in [4.78, 5) is 10.6. The van der Waals surface area contributed by atoms with Crippen LogP contribution in [0.5, 0.6) is 0 Å². The number of carbonyl (C=O) groups excluding carboxylic acids is 1. The Morgan fingerprint density at radius 2 is 2.05 bits per heavy atom. The minimum Gasteiger partial charge on any atom is -0.356 e. The predicted molar refractivity (Wildman–Crippen MR) is 68.5 cm³/mol. The van der Waals surface area contributed by atoms with Gasteiger partial charge in [-0.05, 0) is 30.5 Å². The van der Waals surface area contributed by atoms with Crippen molar-refractivity contribution in [3.8, 4) is 0 Å². The number of amides is 1. The molecule has 2 nitrogen and oxygen atoms in total. The number of hydrogen-bond acceptors (Lipinski definition) is 1. The molecule has 0 fully saturated rings. The van der Waals surface area contributed by atoms with Gasteiger partial charge in [0, 0.05) is 13.5 Å². The van der Waals surface area contributed by atoms with Crippen molar-refractivity contribution in [3.63, 3.8) is 0 Å². The van der Waals surface area contributed by atoms with Crippen molar-refractivity contribution in [2.45, 2.75) is 26.4 Å². The third-order valence-electron chi connectivity index (χ3n) is 2.66. The first-order valence-corrected chi connectivity index (χ1v) is 5.90. The third kappa shape index (κ3) is 4.77. The fourth-order valence-electron chi connectivity index (χ4n) is 1.68. The lowest BCUT2D eigenvalue weighted by atomic mass is 10.0. The van der Waals surface area contributed by atoms with Crippen LogP contribution in [0.2, 0.25) is 0 Å². The molecule has 0 aromatic heterocycles. The summed E-state index contributed by atoms with van der Waals surface area (Å²) in [5, 5.41) is 2.61. The summed E-state index contributed by atoms with van der Waals surface area (Å²) in [7, 11) is 0. The van der Waals surface area contributed by atoms with Crippen LogP contribution < -0.4 is 5.32 Å². The molecule has 0 aliphatic heterocycles. The Bertz CT molecular complexity index is 478. The zero-order chi connectivity index (χ0) is 14.5. The van der Waals surface area contributed by atoms with E-state index in [4.69, 9.17) is 0 Å². The van der Waals surface area contributed by atoms with Crippen LogP contribution >= 0.6 is 0 Å². The maximum absolute atomic E-state index is 12.7. The summed E-state index contributed by atoms with van der Waals surface area (Å²) < 4.78 is 38.1. The summed E-state index contributed by atoms with van der Waals surface area (Å²) in [6.07, 6.45) is -0.357. The van der Waals surface area contributed by atoms with Gasteiger partial charge in [0.25, 0.3) is 0 Å². The van der Waals surface area contributed by atoms with Crippen LogP contribution in [0.1, 0.15) is 30.0 Å². The molecule has 0 aliphatic carbocycles. The maximum atomic E-state index is 12.7. The predicted octanol–water partition coefficient (Wildman–Crippen LogP) is 3.55. The molecule has 1 rings (SSSR count). The van der Waals surface area contributed by atoms with Gasteiger partial charge in [-0.2, -0.15) is 13.2 Å². The van der Waals surface area contributed by atoms with Crippen molar-refractivity contribution in [1.82, 2.24) is 5.32 Å². The second kappa shape index (κ2) is 6.41. The van der Waals surface area contributed by atoms with Crippen LogP contribution in [-0.2, 0) is 11.0 Å². The molecule has 104 valence electrons. The van der Waals surface area contributed by atoms with Gasteiger partial charge >= 0.3 is 6.18 Å². The smallest absolute Gasteiger partial charge is 0.356 e. The average Bonchev–Trinajstić information content (AvgIpc) is 2.28. The number of rotatable bonds is 4. The molecule has 0 radical (unpaired) electrons. The zero-order valence-corrected chi connectivity index (χ0v) is 10.8. The summed E-state index contributed by atoms with van der Waals surface area (Å²) in [6.45, 7) is 3.35. The highest BCUT2D eigenvalue weighted by atomic mass is 19.4. The van der Waals surface area contributed by atoms with E-state index in [0.717, 1.165) is 6.07 Å². The molecule has 5 heteroatoms. The van der Waals surface area contributed by atoms with E-state index in [-0.39, 0.29) is 11.5 Å². The van der Waals surface area contributed by atoms with Gasteiger partial charge in [-0.15, -0.1) is 0 Å². The molecule has 0 heterocycles. The normalized spacial score (nSPS) is 11.8. The van der Waals surface area contributed by atoms with Crippen molar-refractivity contribution in [1.29, 1.82) is 0 Å². The van der Waals surface area contributed by atoms with E-state index in [0.29, 0.717) is 18.5 Å². The van der Waals surface area contributed by atoms with Gasteiger partial charge in [0.15, 0.2) is 0 Å². The minimum absolute atomic E-state index is 0.122. The van der Waals surface area contributed by atoms with Crippen LogP contribution in [0, 0.1) is 6.92 Å². The highest BCUT2D eigenvalue weighted by Crippen LogP contribution is 2.33. The number of hydrogen-bond donors (Lipinski definition) is 1. The standard InChI is InChI=1S/C14H16F3NO/c1-10-12(6-3-4-9-18-11(2)19)7-5-8-13(10)14(15,16)17/h3,5-8H,4,9H2,1-2H3,(H,18,19). The van der Waals surface area contributed by atoms with Crippen LogP contribution in [0.3, 0.4) is 0 Å². The molecule has 1 amide bonds. The Kier molecular flexibility index (Phi) is 5.15. The molecule has 0 bridgehead atoms. The maximum Gasteiger partial charge on any atom is 0.416 e. The van der Waals surface area contributed by atoms with E-state index in [9.17, 15) is 18.0 Å². The molecule has 1 aromatic carbocycles. The highest BCUT2D eigenvalue weighted by molar-refractivity contribution is 5.72. The average molecular weight is 271 g/mol. The molecular weight excluding hydrogens is 255 g/mol. The largest absolute Gasteiger partial charge is 0.416 e. The lowest BCUT2D eigenvalue weighted by molar-refractivity contribution is -0.138. The zero-order valence-electron chi connectivity index (χ0n) is 10.8. The quantitative estimate of drug-likeness (QED) is 0.834. The monoisotopic (exact) mass is 271 g/mol. The summed E-state index contributed by atoms with van der Waals surface area (Å²) in [6, 6.07) is 4.10. The Morgan fingerprint density at radius 1 is 1.37 bits per heavy atom. The Labute approximate surface area is 110 Å². The number of carbonyl (C=O) groups is 1. The van der Waals surface area contributed by atoms with Crippen LogP contribution in [0.4, 0.5) is 13.2 Å². The Morgan fingerprint density at radius 3 is 2.63 bits per heavy atom. The van der Waals surface area contributed by atoms with Crippen LogP contribution in [-0.4, -0.2) is 12.5 Å². The van der Waals surface area contributed by atoms with E-state index in [1.165, 1.54) is 19.9 Å². The van der Waals surface area contributed by atoms with Crippen LogP contribution in [0.15, 0.2) is 24.3 Å². The SMILES string of the molecule is CC(=O)NCCC=Cc1cccc(C(F)(F)F)c1C. The first-order valence-electron chi connectivity index (χ1n) is 5.90. The van der Waals surface area contributed by atoms with Crippen molar-refractivity contribution < 1.29 is 18.0 Å².